The number of benzene rings is 2. The topological polar surface area (TPSA) is 43.5 Å². The monoisotopic (exact) mass is 286 g/mol. The number of ether oxygens (including phenoxy) is 4. The minimum Gasteiger partial charge on any atom is -0.490 e. The first-order chi connectivity index (χ1) is 10.3. The SMILES string of the molecule is Cc1cc2c(OCC3CO3)cccc2cc1OCC1CO1. The molecule has 2 aliphatic heterocycles. The fraction of sp³-hybridized carbons (Fsp3) is 0.412. The molecule has 4 rings (SSSR count). The highest BCUT2D eigenvalue weighted by molar-refractivity contribution is 5.90. The largest absolute Gasteiger partial charge is 0.490 e. The van der Waals surface area contributed by atoms with E-state index in [1.54, 1.807) is 0 Å². The fourth-order valence-corrected chi connectivity index (χ4v) is 2.36. The number of fused-ring (bicyclic) bond motifs is 1. The molecule has 2 aromatic rings. The van der Waals surface area contributed by atoms with Crippen molar-refractivity contribution in [3.8, 4) is 11.5 Å². The summed E-state index contributed by atoms with van der Waals surface area (Å²) in [5.41, 5.74) is 1.11. The van der Waals surface area contributed by atoms with Crippen LogP contribution < -0.4 is 9.47 Å². The minimum absolute atomic E-state index is 0.266. The lowest BCUT2D eigenvalue weighted by molar-refractivity contribution is 0.261. The van der Waals surface area contributed by atoms with Gasteiger partial charge in [0.1, 0.15) is 36.9 Å². The summed E-state index contributed by atoms with van der Waals surface area (Å²) >= 11 is 0. The van der Waals surface area contributed by atoms with Gasteiger partial charge in [-0.25, -0.2) is 0 Å². The predicted molar refractivity (Wildman–Crippen MR) is 79.2 cm³/mol. The van der Waals surface area contributed by atoms with Crippen LogP contribution in [-0.4, -0.2) is 38.6 Å². The van der Waals surface area contributed by atoms with Crippen LogP contribution in [0.5, 0.6) is 11.5 Å². The summed E-state index contributed by atoms with van der Waals surface area (Å²) in [6, 6.07) is 10.3. The third-order valence-electron chi connectivity index (χ3n) is 3.79. The Bertz CT molecular complexity index is 659. The maximum atomic E-state index is 5.86. The number of aryl methyl sites for hydroxylation is 1. The van der Waals surface area contributed by atoms with Crippen molar-refractivity contribution < 1.29 is 18.9 Å². The lowest BCUT2D eigenvalue weighted by Gasteiger charge is -2.12. The maximum Gasteiger partial charge on any atom is 0.127 e. The molecule has 0 N–H and O–H groups in total. The second kappa shape index (κ2) is 5.20. The zero-order valence-corrected chi connectivity index (χ0v) is 12.0. The van der Waals surface area contributed by atoms with Crippen LogP contribution in [0.4, 0.5) is 0 Å². The second-order valence-electron chi connectivity index (χ2n) is 5.63. The van der Waals surface area contributed by atoms with E-state index in [2.05, 4.69) is 25.1 Å². The Morgan fingerprint density at radius 2 is 1.67 bits per heavy atom. The third-order valence-corrected chi connectivity index (χ3v) is 3.79. The Hall–Kier alpha value is -1.78. The Kier molecular flexibility index (Phi) is 3.20. The molecule has 21 heavy (non-hydrogen) atoms. The van der Waals surface area contributed by atoms with Crippen molar-refractivity contribution in [3.63, 3.8) is 0 Å². The van der Waals surface area contributed by atoms with Gasteiger partial charge in [0.15, 0.2) is 0 Å². The molecule has 4 heteroatoms. The lowest BCUT2D eigenvalue weighted by Crippen LogP contribution is -2.06. The molecule has 2 atom stereocenters. The molecule has 2 aliphatic rings. The highest BCUT2D eigenvalue weighted by Gasteiger charge is 2.24. The summed E-state index contributed by atoms with van der Waals surface area (Å²) in [7, 11) is 0. The molecule has 0 radical (unpaired) electrons. The van der Waals surface area contributed by atoms with E-state index in [1.165, 1.54) is 0 Å². The molecular weight excluding hydrogens is 268 g/mol. The van der Waals surface area contributed by atoms with E-state index in [-0.39, 0.29) is 12.2 Å². The van der Waals surface area contributed by atoms with E-state index in [0.29, 0.717) is 13.2 Å². The fourth-order valence-electron chi connectivity index (χ4n) is 2.36. The molecule has 4 nitrogen and oxygen atoms in total. The third kappa shape index (κ3) is 2.96. The average molecular weight is 286 g/mol. The average Bonchev–Trinajstić information content (AvgIpc) is 3.37. The van der Waals surface area contributed by atoms with Crippen LogP contribution in [0, 0.1) is 6.92 Å². The van der Waals surface area contributed by atoms with Crippen LogP contribution in [0.3, 0.4) is 0 Å². The van der Waals surface area contributed by atoms with Crippen molar-refractivity contribution in [1.82, 2.24) is 0 Å². The first-order valence-electron chi connectivity index (χ1n) is 7.32. The molecule has 0 aliphatic carbocycles. The van der Waals surface area contributed by atoms with Crippen molar-refractivity contribution in [2.24, 2.45) is 0 Å². The Morgan fingerprint density at radius 1 is 1.00 bits per heavy atom. The Morgan fingerprint density at radius 3 is 2.33 bits per heavy atom. The van der Waals surface area contributed by atoms with Gasteiger partial charge in [0.25, 0.3) is 0 Å². The van der Waals surface area contributed by atoms with Crippen LogP contribution in [-0.2, 0) is 9.47 Å². The molecule has 0 saturated carbocycles. The molecule has 2 fully saturated rings. The van der Waals surface area contributed by atoms with Crippen molar-refractivity contribution in [3.05, 3.63) is 35.9 Å². The Balaban J connectivity index is 1.60. The smallest absolute Gasteiger partial charge is 0.127 e. The van der Waals surface area contributed by atoms with Gasteiger partial charge in [0.2, 0.25) is 0 Å². The van der Waals surface area contributed by atoms with Gasteiger partial charge in [-0.2, -0.15) is 0 Å². The molecule has 2 aromatic carbocycles. The maximum absolute atomic E-state index is 5.86. The number of hydrogen-bond donors (Lipinski definition) is 0. The minimum atomic E-state index is 0.266. The summed E-state index contributed by atoms with van der Waals surface area (Å²) in [5.74, 6) is 1.82. The van der Waals surface area contributed by atoms with E-state index in [9.17, 15) is 0 Å². The molecule has 2 heterocycles. The van der Waals surface area contributed by atoms with Crippen molar-refractivity contribution in [2.45, 2.75) is 19.1 Å². The number of hydrogen-bond acceptors (Lipinski definition) is 4. The van der Waals surface area contributed by atoms with Gasteiger partial charge in [-0.1, -0.05) is 12.1 Å². The Labute approximate surface area is 123 Å². The number of rotatable bonds is 6. The van der Waals surface area contributed by atoms with Gasteiger partial charge in [0.05, 0.1) is 13.2 Å². The standard InChI is InChI=1S/C17H18O4/c1-11-5-15-12(6-17(11)21-10-14-8-19-14)3-2-4-16(15)20-9-13-7-18-13/h2-6,13-14H,7-10H2,1H3. The molecule has 0 bridgehead atoms. The molecule has 0 amide bonds. The molecule has 2 saturated heterocycles. The van der Waals surface area contributed by atoms with Crippen molar-refractivity contribution >= 4 is 10.8 Å². The molecule has 110 valence electrons. The van der Waals surface area contributed by atoms with E-state index >= 15 is 0 Å². The van der Waals surface area contributed by atoms with E-state index in [4.69, 9.17) is 18.9 Å². The van der Waals surface area contributed by atoms with Gasteiger partial charge in [-0.15, -0.1) is 0 Å². The zero-order valence-electron chi connectivity index (χ0n) is 12.0. The first-order valence-corrected chi connectivity index (χ1v) is 7.32. The second-order valence-corrected chi connectivity index (χ2v) is 5.63. The summed E-state index contributed by atoms with van der Waals surface area (Å²) in [4.78, 5) is 0. The van der Waals surface area contributed by atoms with Gasteiger partial charge < -0.3 is 18.9 Å². The predicted octanol–water partition coefficient (Wildman–Crippen LogP) is 2.70. The van der Waals surface area contributed by atoms with Crippen LogP contribution in [0.2, 0.25) is 0 Å². The summed E-state index contributed by atoms with van der Waals surface area (Å²) in [6.45, 7) is 4.93. The van der Waals surface area contributed by atoms with Crippen LogP contribution >= 0.6 is 0 Å². The van der Waals surface area contributed by atoms with E-state index < -0.39 is 0 Å². The molecule has 0 aromatic heterocycles. The quantitative estimate of drug-likeness (QED) is 0.766. The van der Waals surface area contributed by atoms with E-state index in [1.807, 2.05) is 12.1 Å². The van der Waals surface area contributed by atoms with Gasteiger partial charge in [-0.3, -0.25) is 0 Å². The highest BCUT2D eigenvalue weighted by atomic mass is 16.6. The molecular formula is C17H18O4. The first kappa shape index (κ1) is 12.9. The summed E-state index contributed by atoms with van der Waals surface area (Å²) < 4.78 is 22.1. The van der Waals surface area contributed by atoms with Crippen molar-refractivity contribution in [1.29, 1.82) is 0 Å². The van der Waals surface area contributed by atoms with Gasteiger partial charge >= 0.3 is 0 Å². The molecule has 0 spiro atoms. The van der Waals surface area contributed by atoms with Crippen molar-refractivity contribution in [2.75, 3.05) is 26.4 Å². The van der Waals surface area contributed by atoms with Crippen LogP contribution in [0.15, 0.2) is 30.3 Å². The van der Waals surface area contributed by atoms with Crippen LogP contribution in [0.25, 0.3) is 10.8 Å². The highest BCUT2D eigenvalue weighted by Crippen LogP contribution is 2.32. The normalized spacial score (nSPS) is 23.1. The summed E-state index contributed by atoms with van der Waals surface area (Å²) in [5, 5.41) is 2.24. The zero-order chi connectivity index (χ0) is 14.2. The van der Waals surface area contributed by atoms with Crippen LogP contribution in [0.1, 0.15) is 5.56 Å². The van der Waals surface area contributed by atoms with Gasteiger partial charge in [-0.05, 0) is 36.1 Å². The summed E-state index contributed by atoms with van der Waals surface area (Å²) in [6.07, 6.45) is 0.538. The molecule has 2 unspecified atom stereocenters. The lowest BCUT2D eigenvalue weighted by atomic mass is 10.1. The van der Waals surface area contributed by atoms with E-state index in [0.717, 1.165) is 41.0 Å². The van der Waals surface area contributed by atoms with Gasteiger partial charge in [0, 0.05) is 5.39 Å². The number of epoxide rings is 2.